The second-order valence-electron chi connectivity index (χ2n) is 5.78. The van der Waals surface area contributed by atoms with Crippen molar-refractivity contribution in [2.45, 2.75) is 51.5 Å². The molecular formula is C16H26N2. The molecule has 0 unspecified atom stereocenters. The average molecular weight is 246 g/mol. The third-order valence-electron chi connectivity index (χ3n) is 4.10. The molecule has 0 aromatic heterocycles. The molecule has 0 saturated heterocycles. The van der Waals surface area contributed by atoms with Gasteiger partial charge in [0.15, 0.2) is 0 Å². The molecule has 1 fully saturated rings. The first-order valence-electron chi connectivity index (χ1n) is 7.23. The Kier molecular flexibility index (Phi) is 4.28. The molecule has 2 rings (SSSR count). The van der Waals surface area contributed by atoms with Crippen LogP contribution in [0.5, 0.6) is 0 Å². The van der Waals surface area contributed by atoms with E-state index in [0.717, 1.165) is 13.1 Å². The Hall–Kier alpha value is -1.02. The standard InChI is InChI=1S/C16H26N2/c1-3-18(15-9-7-8-14(2)12-15)13-16(17)10-5-4-6-11-16/h7-9,12H,3-6,10-11,13,17H2,1-2H3. The number of anilines is 1. The molecule has 2 N–H and O–H groups in total. The summed E-state index contributed by atoms with van der Waals surface area (Å²) in [5, 5.41) is 0. The van der Waals surface area contributed by atoms with Gasteiger partial charge in [0.25, 0.3) is 0 Å². The number of aryl methyl sites for hydroxylation is 1. The fourth-order valence-corrected chi connectivity index (χ4v) is 3.00. The molecule has 18 heavy (non-hydrogen) atoms. The van der Waals surface area contributed by atoms with Crippen LogP contribution in [0.15, 0.2) is 24.3 Å². The molecule has 1 aliphatic carbocycles. The molecule has 0 atom stereocenters. The minimum atomic E-state index is 0.0258. The van der Waals surface area contributed by atoms with Crippen LogP contribution in [-0.4, -0.2) is 18.6 Å². The van der Waals surface area contributed by atoms with Gasteiger partial charge in [0, 0.05) is 24.3 Å². The topological polar surface area (TPSA) is 29.3 Å². The molecule has 100 valence electrons. The van der Waals surface area contributed by atoms with Crippen molar-refractivity contribution in [2.24, 2.45) is 5.73 Å². The lowest BCUT2D eigenvalue weighted by molar-refractivity contribution is 0.298. The van der Waals surface area contributed by atoms with Crippen molar-refractivity contribution < 1.29 is 0 Å². The van der Waals surface area contributed by atoms with Crippen molar-refractivity contribution in [3.8, 4) is 0 Å². The van der Waals surface area contributed by atoms with E-state index in [0.29, 0.717) is 0 Å². The molecular weight excluding hydrogens is 220 g/mol. The summed E-state index contributed by atoms with van der Waals surface area (Å²) < 4.78 is 0. The quantitative estimate of drug-likeness (QED) is 0.881. The van der Waals surface area contributed by atoms with Crippen molar-refractivity contribution in [1.82, 2.24) is 0 Å². The molecule has 1 aromatic rings. The van der Waals surface area contributed by atoms with Crippen molar-refractivity contribution >= 4 is 5.69 Å². The molecule has 2 heteroatoms. The molecule has 0 bridgehead atoms. The molecule has 0 aliphatic heterocycles. The highest BCUT2D eigenvalue weighted by Gasteiger charge is 2.29. The Balaban J connectivity index is 2.09. The van der Waals surface area contributed by atoms with Gasteiger partial charge in [-0.2, -0.15) is 0 Å². The van der Waals surface area contributed by atoms with Gasteiger partial charge in [0.2, 0.25) is 0 Å². The second-order valence-corrected chi connectivity index (χ2v) is 5.78. The van der Waals surface area contributed by atoms with Gasteiger partial charge in [-0.05, 0) is 44.4 Å². The number of nitrogens with zero attached hydrogens (tertiary/aromatic N) is 1. The molecule has 0 radical (unpaired) electrons. The van der Waals surface area contributed by atoms with Gasteiger partial charge >= 0.3 is 0 Å². The summed E-state index contributed by atoms with van der Waals surface area (Å²) >= 11 is 0. The highest BCUT2D eigenvalue weighted by Crippen LogP contribution is 2.28. The summed E-state index contributed by atoms with van der Waals surface area (Å²) in [5.74, 6) is 0. The first-order chi connectivity index (χ1) is 8.63. The predicted octanol–water partition coefficient (Wildman–Crippen LogP) is 3.48. The largest absolute Gasteiger partial charge is 0.370 e. The lowest BCUT2D eigenvalue weighted by Crippen LogP contribution is -2.51. The second kappa shape index (κ2) is 5.75. The van der Waals surface area contributed by atoms with Gasteiger partial charge in [-0.15, -0.1) is 0 Å². The molecule has 0 heterocycles. The van der Waals surface area contributed by atoms with E-state index in [-0.39, 0.29) is 5.54 Å². The summed E-state index contributed by atoms with van der Waals surface area (Å²) in [6.07, 6.45) is 6.30. The van der Waals surface area contributed by atoms with Crippen LogP contribution in [0, 0.1) is 6.92 Å². The Morgan fingerprint density at radius 2 is 1.94 bits per heavy atom. The minimum Gasteiger partial charge on any atom is -0.370 e. The molecule has 0 spiro atoms. The monoisotopic (exact) mass is 246 g/mol. The van der Waals surface area contributed by atoms with Crippen LogP contribution in [-0.2, 0) is 0 Å². The van der Waals surface area contributed by atoms with Crippen LogP contribution in [0.25, 0.3) is 0 Å². The van der Waals surface area contributed by atoms with E-state index in [1.54, 1.807) is 0 Å². The summed E-state index contributed by atoms with van der Waals surface area (Å²) in [6.45, 7) is 6.39. The molecule has 1 aromatic carbocycles. The fraction of sp³-hybridized carbons (Fsp3) is 0.625. The normalized spacial score (nSPS) is 18.6. The molecule has 1 aliphatic rings. The molecule has 1 saturated carbocycles. The van der Waals surface area contributed by atoms with E-state index < -0.39 is 0 Å². The maximum atomic E-state index is 6.57. The lowest BCUT2D eigenvalue weighted by Gasteiger charge is -2.39. The van der Waals surface area contributed by atoms with Crippen LogP contribution >= 0.6 is 0 Å². The summed E-state index contributed by atoms with van der Waals surface area (Å²) in [7, 11) is 0. The van der Waals surface area contributed by atoms with Crippen LogP contribution < -0.4 is 10.6 Å². The Morgan fingerprint density at radius 3 is 2.56 bits per heavy atom. The zero-order valence-electron chi connectivity index (χ0n) is 11.8. The van der Waals surface area contributed by atoms with Crippen LogP contribution in [0.2, 0.25) is 0 Å². The van der Waals surface area contributed by atoms with Crippen LogP contribution in [0.3, 0.4) is 0 Å². The zero-order valence-corrected chi connectivity index (χ0v) is 11.8. The number of hydrogen-bond acceptors (Lipinski definition) is 2. The highest BCUT2D eigenvalue weighted by molar-refractivity contribution is 5.48. The number of nitrogens with two attached hydrogens (primary N) is 1. The van der Waals surface area contributed by atoms with E-state index in [4.69, 9.17) is 5.73 Å². The highest BCUT2D eigenvalue weighted by atomic mass is 15.1. The Bertz CT molecular complexity index is 380. The number of likely N-dealkylation sites (N-methyl/N-ethyl adjacent to an activating group) is 1. The van der Waals surface area contributed by atoms with Gasteiger partial charge < -0.3 is 10.6 Å². The first-order valence-corrected chi connectivity index (χ1v) is 7.23. The van der Waals surface area contributed by atoms with Gasteiger partial charge in [0.1, 0.15) is 0 Å². The number of benzene rings is 1. The number of hydrogen-bond donors (Lipinski definition) is 1. The predicted molar refractivity (Wildman–Crippen MR) is 79.1 cm³/mol. The maximum absolute atomic E-state index is 6.57. The maximum Gasteiger partial charge on any atom is 0.0369 e. The van der Waals surface area contributed by atoms with Gasteiger partial charge in [-0.25, -0.2) is 0 Å². The van der Waals surface area contributed by atoms with Crippen molar-refractivity contribution in [2.75, 3.05) is 18.0 Å². The van der Waals surface area contributed by atoms with Crippen LogP contribution in [0.4, 0.5) is 5.69 Å². The first kappa shape index (κ1) is 13.4. The third-order valence-corrected chi connectivity index (χ3v) is 4.10. The van der Waals surface area contributed by atoms with E-state index >= 15 is 0 Å². The average Bonchev–Trinajstić information content (AvgIpc) is 2.37. The van der Waals surface area contributed by atoms with Crippen molar-refractivity contribution in [1.29, 1.82) is 0 Å². The summed E-state index contributed by atoms with van der Waals surface area (Å²) in [4.78, 5) is 2.43. The molecule has 0 amide bonds. The summed E-state index contributed by atoms with van der Waals surface area (Å²) in [5.41, 5.74) is 9.23. The molecule has 2 nitrogen and oxygen atoms in total. The minimum absolute atomic E-state index is 0.0258. The lowest BCUT2D eigenvalue weighted by atomic mass is 9.82. The van der Waals surface area contributed by atoms with Crippen molar-refractivity contribution in [3.05, 3.63) is 29.8 Å². The Labute approximate surface area is 111 Å². The SMILES string of the molecule is CCN(CC1(N)CCCCC1)c1cccc(C)c1. The zero-order chi connectivity index (χ0) is 13.0. The van der Waals surface area contributed by atoms with Gasteiger partial charge in [0.05, 0.1) is 0 Å². The van der Waals surface area contributed by atoms with E-state index in [1.165, 1.54) is 43.4 Å². The summed E-state index contributed by atoms with van der Waals surface area (Å²) in [6, 6.07) is 8.74. The number of rotatable bonds is 4. The van der Waals surface area contributed by atoms with Gasteiger partial charge in [-0.1, -0.05) is 31.4 Å². The van der Waals surface area contributed by atoms with E-state index in [2.05, 4.69) is 43.0 Å². The van der Waals surface area contributed by atoms with Crippen molar-refractivity contribution in [3.63, 3.8) is 0 Å². The smallest absolute Gasteiger partial charge is 0.0369 e. The van der Waals surface area contributed by atoms with Crippen LogP contribution in [0.1, 0.15) is 44.6 Å². The Morgan fingerprint density at radius 1 is 1.22 bits per heavy atom. The van der Waals surface area contributed by atoms with Gasteiger partial charge in [-0.3, -0.25) is 0 Å². The third kappa shape index (κ3) is 3.26. The fourth-order valence-electron chi connectivity index (χ4n) is 3.00. The van der Waals surface area contributed by atoms with E-state index in [1.807, 2.05) is 0 Å². The van der Waals surface area contributed by atoms with E-state index in [9.17, 15) is 0 Å².